The summed E-state index contributed by atoms with van der Waals surface area (Å²) in [6.45, 7) is 0.274. The maximum atomic E-state index is 12.1. The van der Waals surface area contributed by atoms with Crippen LogP contribution in [-0.4, -0.2) is 33.7 Å². The molecule has 122 valence electrons. The molecule has 0 bridgehead atoms. The van der Waals surface area contributed by atoms with Crippen LogP contribution in [0, 0.1) is 5.92 Å². The van der Waals surface area contributed by atoms with Crippen LogP contribution in [0.2, 0.25) is 0 Å². The monoisotopic (exact) mass is 333 g/mol. The molecule has 1 saturated heterocycles. The van der Waals surface area contributed by atoms with Crippen LogP contribution in [0.3, 0.4) is 0 Å². The number of amides is 3. The van der Waals surface area contributed by atoms with Crippen molar-refractivity contribution in [3.63, 3.8) is 0 Å². The number of imide groups is 1. The van der Waals surface area contributed by atoms with E-state index in [1.165, 1.54) is 4.90 Å². The van der Waals surface area contributed by atoms with Crippen LogP contribution in [0.1, 0.15) is 24.8 Å². The molecule has 3 N–H and O–H groups in total. The summed E-state index contributed by atoms with van der Waals surface area (Å²) in [6, 6.07) is 7.35. The summed E-state index contributed by atoms with van der Waals surface area (Å²) in [5.41, 5.74) is 7.41. The molecule has 0 spiro atoms. The Kier molecular flexibility index (Phi) is 4.68. The highest BCUT2D eigenvalue weighted by Crippen LogP contribution is 2.26. The van der Waals surface area contributed by atoms with Gasteiger partial charge in [0.2, 0.25) is 11.8 Å². The van der Waals surface area contributed by atoms with Gasteiger partial charge in [-0.15, -0.1) is 0 Å². The van der Waals surface area contributed by atoms with Crippen LogP contribution in [-0.2, 0) is 16.1 Å². The van der Waals surface area contributed by atoms with Crippen molar-refractivity contribution in [3.05, 3.63) is 29.8 Å². The number of nitrogens with two attached hydrogens (primary N) is 1. The number of anilines is 1. The second-order valence-corrected chi connectivity index (χ2v) is 6.92. The number of hydrogen-bond donors (Lipinski definition) is 2. The van der Waals surface area contributed by atoms with E-state index in [0.717, 1.165) is 36.6 Å². The number of carbonyl (C=O) groups excluding carboxylic acids is 3. The first-order chi connectivity index (χ1) is 11.0. The van der Waals surface area contributed by atoms with Crippen LogP contribution >= 0.6 is 11.8 Å². The van der Waals surface area contributed by atoms with Crippen LogP contribution in [0.5, 0.6) is 0 Å². The topological polar surface area (TPSA) is 92.5 Å². The Hall–Kier alpha value is -1.86. The maximum absolute atomic E-state index is 12.1. The lowest BCUT2D eigenvalue weighted by atomic mass is 10.1. The Labute approximate surface area is 138 Å². The summed E-state index contributed by atoms with van der Waals surface area (Å²) in [4.78, 5) is 36.6. The van der Waals surface area contributed by atoms with E-state index >= 15 is 0 Å². The predicted molar refractivity (Wildman–Crippen MR) is 88.8 cm³/mol. The molecule has 3 amide bonds. The van der Waals surface area contributed by atoms with Crippen LogP contribution in [0.4, 0.5) is 10.5 Å². The summed E-state index contributed by atoms with van der Waals surface area (Å²) in [5.74, 6) is 0.0553. The van der Waals surface area contributed by atoms with Crippen LogP contribution in [0.15, 0.2) is 24.3 Å². The van der Waals surface area contributed by atoms with Crippen LogP contribution < -0.4 is 11.1 Å². The number of benzene rings is 1. The number of carbonyl (C=O) groups is 3. The number of rotatable bonds is 4. The minimum atomic E-state index is -0.204. The van der Waals surface area contributed by atoms with E-state index in [-0.39, 0.29) is 41.3 Å². The molecular formula is C16H19N3O3S. The van der Waals surface area contributed by atoms with Gasteiger partial charge in [0.25, 0.3) is 5.24 Å². The largest absolute Gasteiger partial charge is 0.328 e. The minimum Gasteiger partial charge on any atom is -0.328 e. The fraction of sp³-hybridized carbons (Fsp3) is 0.438. The molecule has 2 unspecified atom stereocenters. The van der Waals surface area contributed by atoms with Crippen molar-refractivity contribution >= 4 is 34.5 Å². The first-order valence-corrected chi connectivity index (χ1v) is 8.64. The molecule has 0 aromatic heterocycles. The Balaban J connectivity index is 1.58. The zero-order chi connectivity index (χ0) is 16.4. The van der Waals surface area contributed by atoms with Gasteiger partial charge in [-0.2, -0.15) is 0 Å². The third-order valence-electron chi connectivity index (χ3n) is 4.25. The number of nitrogens with zero attached hydrogens (tertiary/aromatic N) is 1. The lowest BCUT2D eigenvalue weighted by Gasteiger charge is -2.14. The number of nitrogens with one attached hydrogen (secondary N) is 1. The summed E-state index contributed by atoms with van der Waals surface area (Å²) in [7, 11) is 0. The molecule has 7 heteroatoms. The van der Waals surface area contributed by atoms with Crippen molar-refractivity contribution in [2.45, 2.75) is 31.8 Å². The van der Waals surface area contributed by atoms with E-state index in [1.54, 1.807) is 12.1 Å². The normalized spacial score (nSPS) is 24.3. The van der Waals surface area contributed by atoms with Crippen molar-refractivity contribution in [1.29, 1.82) is 0 Å². The van der Waals surface area contributed by atoms with Gasteiger partial charge < -0.3 is 11.1 Å². The van der Waals surface area contributed by atoms with Crippen molar-refractivity contribution in [2.24, 2.45) is 11.7 Å². The third-order valence-corrected chi connectivity index (χ3v) is 5.11. The van der Waals surface area contributed by atoms with Gasteiger partial charge in [-0.3, -0.25) is 19.3 Å². The summed E-state index contributed by atoms with van der Waals surface area (Å²) < 4.78 is 0. The van der Waals surface area contributed by atoms with Gasteiger partial charge >= 0.3 is 0 Å². The standard InChI is InChI=1S/C16H19N3O3S/c17-12-4-3-11(7-12)15(21)18-13-5-1-10(2-6-13)8-19-14(20)9-23-16(19)22/h1-2,5-6,11-12H,3-4,7-9,17H2,(H,18,21). The molecule has 23 heavy (non-hydrogen) atoms. The second kappa shape index (κ2) is 6.72. The van der Waals surface area contributed by atoms with E-state index in [9.17, 15) is 14.4 Å². The summed E-state index contributed by atoms with van der Waals surface area (Å²) in [6.07, 6.45) is 2.47. The zero-order valence-electron chi connectivity index (χ0n) is 12.7. The molecule has 3 rings (SSSR count). The van der Waals surface area contributed by atoms with Gasteiger partial charge in [0.1, 0.15) is 0 Å². The van der Waals surface area contributed by atoms with Gasteiger partial charge in [-0.05, 0) is 37.0 Å². The van der Waals surface area contributed by atoms with E-state index in [1.807, 2.05) is 12.1 Å². The molecule has 1 aromatic carbocycles. The number of hydrogen-bond acceptors (Lipinski definition) is 5. The quantitative estimate of drug-likeness (QED) is 0.878. The zero-order valence-corrected chi connectivity index (χ0v) is 13.5. The van der Waals surface area contributed by atoms with E-state index in [2.05, 4.69) is 5.32 Å². The SMILES string of the molecule is NC1CCC(C(=O)Nc2ccc(CN3C(=O)CSC3=O)cc2)C1. The molecular weight excluding hydrogens is 314 g/mol. The highest BCUT2D eigenvalue weighted by molar-refractivity contribution is 8.14. The van der Waals surface area contributed by atoms with E-state index < -0.39 is 0 Å². The summed E-state index contributed by atoms with van der Waals surface area (Å²) >= 11 is 1.03. The smallest absolute Gasteiger partial charge is 0.289 e. The third kappa shape index (κ3) is 3.73. The lowest BCUT2D eigenvalue weighted by Crippen LogP contribution is -2.27. The molecule has 1 saturated carbocycles. The first-order valence-electron chi connectivity index (χ1n) is 7.65. The van der Waals surface area contributed by atoms with E-state index in [0.29, 0.717) is 5.69 Å². The average Bonchev–Trinajstić information content (AvgIpc) is 3.10. The fourth-order valence-electron chi connectivity index (χ4n) is 2.91. The van der Waals surface area contributed by atoms with Gasteiger partial charge in [0.05, 0.1) is 12.3 Å². The molecule has 1 heterocycles. The van der Waals surface area contributed by atoms with Gasteiger partial charge in [-0.25, -0.2) is 0 Å². The first kappa shape index (κ1) is 16.0. The van der Waals surface area contributed by atoms with E-state index in [4.69, 9.17) is 5.73 Å². The Morgan fingerprint density at radius 3 is 2.57 bits per heavy atom. The Morgan fingerprint density at radius 1 is 1.26 bits per heavy atom. The molecule has 1 aliphatic carbocycles. The Morgan fingerprint density at radius 2 is 2.00 bits per heavy atom. The van der Waals surface area contributed by atoms with Gasteiger partial charge in [0, 0.05) is 17.6 Å². The molecule has 6 nitrogen and oxygen atoms in total. The van der Waals surface area contributed by atoms with Gasteiger partial charge in [-0.1, -0.05) is 23.9 Å². The second-order valence-electron chi connectivity index (χ2n) is 5.99. The van der Waals surface area contributed by atoms with Crippen LogP contribution in [0.25, 0.3) is 0 Å². The number of thioether (sulfide) groups is 1. The van der Waals surface area contributed by atoms with Crippen molar-refractivity contribution < 1.29 is 14.4 Å². The molecule has 2 fully saturated rings. The average molecular weight is 333 g/mol. The Bertz CT molecular complexity index is 616. The van der Waals surface area contributed by atoms with Crippen molar-refractivity contribution in [1.82, 2.24) is 4.90 Å². The summed E-state index contributed by atoms with van der Waals surface area (Å²) in [5, 5.41) is 2.69. The minimum absolute atomic E-state index is 0.00648. The molecule has 0 radical (unpaired) electrons. The lowest BCUT2D eigenvalue weighted by molar-refractivity contribution is -0.125. The molecule has 2 aliphatic rings. The maximum Gasteiger partial charge on any atom is 0.289 e. The highest BCUT2D eigenvalue weighted by atomic mass is 32.2. The van der Waals surface area contributed by atoms with Gasteiger partial charge in [0.15, 0.2) is 0 Å². The predicted octanol–water partition coefficient (Wildman–Crippen LogP) is 1.95. The molecule has 1 aliphatic heterocycles. The molecule has 1 aromatic rings. The highest BCUT2D eigenvalue weighted by Gasteiger charge is 2.30. The molecule has 2 atom stereocenters. The van der Waals surface area contributed by atoms with Crippen molar-refractivity contribution in [3.8, 4) is 0 Å². The fourth-order valence-corrected chi connectivity index (χ4v) is 3.63. The van der Waals surface area contributed by atoms with Crippen molar-refractivity contribution in [2.75, 3.05) is 11.1 Å².